The zero-order chi connectivity index (χ0) is 19.2. The predicted molar refractivity (Wildman–Crippen MR) is 100 cm³/mol. The van der Waals surface area contributed by atoms with E-state index < -0.39 is 15.8 Å². The smallest absolute Gasteiger partial charge is 0.243 e. The molecule has 2 aromatic carbocycles. The molecule has 0 aromatic heterocycles. The fraction of sp³-hybridized carbons (Fsp3) is 0.350. The summed E-state index contributed by atoms with van der Waals surface area (Å²) >= 11 is 0. The molecule has 0 saturated carbocycles. The Balaban J connectivity index is 1.55. The zero-order valence-corrected chi connectivity index (χ0v) is 15.9. The number of aryl methyl sites for hydroxylation is 1. The minimum atomic E-state index is -3.77. The molecule has 2 aromatic rings. The van der Waals surface area contributed by atoms with Crippen molar-refractivity contribution >= 4 is 21.6 Å². The molecule has 7 heteroatoms. The number of amides is 1. The van der Waals surface area contributed by atoms with Crippen molar-refractivity contribution in [2.45, 2.75) is 24.7 Å². The Hall–Kier alpha value is -2.25. The number of nitrogens with zero attached hydrogens (tertiary/aromatic N) is 2. The van der Waals surface area contributed by atoms with Gasteiger partial charge in [0.2, 0.25) is 15.9 Å². The van der Waals surface area contributed by atoms with Crippen molar-refractivity contribution in [3.63, 3.8) is 0 Å². The van der Waals surface area contributed by atoms with Gasteiger partial charge in [-0.3, -0.25) is 4.79 Å². The number of carbonyl (C=O) groups excluding carboxylic acids is 1. The first-order chi connectivity index (χ1) is 12.8. The minimum Gasteiger partial charge on any atom is -0.312 e. The lowest BCUT2D eigenvalue weighted by molar-refractivity contribution is -0.117. The fourth-order valence-corrected chi connectivity index (χ4v) is 5.59. The Labute approximate surface area is 158 Å². The number of carbonyl (C=O) groups is 1. The maximum absolute atomic E-state index is 13.5. The van der Waals surface area contributed by atoms with E-state index in [9.17, 15) is 17.6 Å². The van der Waals surface area contributed by atoms with Crippen molar-refractivity contribution in [2.24, 2.45) is 5.41 Å². The van der Waals surface area contributed by atoms with Crippen molar-refractivity contribution in [3.05, 3.63) is 59.9 Å². The number of benzene rings is 2. The quantitative estimate of drug-likeness (QED) is 0.812. The molecule has 2 aliphatic rings. The van der Waals surface area contributed by atoms with Gasteiger partial charge >= 0.3 is 0 Å². The molecule has 27 heavy (non-hydrogen) atoms. The monoisotopic (exact) mass is 388 g/mol. The third kappa shape index (κ3) is 3.26. The summed E-state index contributed by atoms with van der Waals surface area (Å²) in [7, 11) is -3.77. The van der Waals surface area contributed by atoms with E-state index in [1.54, 1.807) is 4.90 Å². The Morgan fingerprint density at radius 2 is 1.81 bits per heavy atom. The van der Waals surface area contributed by atoms with E-state index in [2.05, 4.69) is 0 Å². The summed E-state index contributed by atoms with van der Waals surface area (Å²) in [5.74, 6) is -0.560. The number of sulfonamides is 1. The van der Waals surface area contributed by atoms with E-state index >= 15 is 0 Å². The Kier molecular flexibility index (Phi) is 4.31. The molecule has 1 atom stereocenters. The average molecular weight is 388 g/mol. The molecule has 5 nitrogen and oxygen atoms in total. The highest BCUT2D eigenvalue weighted by Crippen LogP contribution is 2.43. The van der Waals surface area contributed by atoms with Crippen LogP contribution in [0.3, 0.4) is 0 Å². The Morgan fingerprint density at radius 3 is 2.52 bits per heavy atom. The average Bonchev–Trinajstić information content (AvgIpc) is 3.19. The van der Waals surface area contributed by atoms with Gasteiger partial charge in [-0.25, -0.2) is 12.8 Å². The second-order valence-corrected chi connectivity index (χ2v) is 9.48. The first-order valence-corrected chi connectivity index (χ1v) is 10.4. The van der Waals surface area contributed by atoms with Gasteiger partial charge in [-0.1, -0.05) is 23.8 Å². The number of hydrogen-bond acceptors (Lipinski definition) is 3. The summed E-state index contributed by atoms with van der Waals surface area (Å²) in [4.78, 5) is 14.3. The molecule has 0 radical (unpaired) electrons. The maximum Gasteiger partial charge on any atom is 0.243 e. The topological polar surface area (TPSA) is 57.7 Å². The van der Waals surface area contributed by atoms with Gasteiger partial charge < -0.3 is 4.90 Å². The molecule has 0 N–H and O–H groups in total. The van der Waals surface area contributed by atoms with Gasteiger partial charge in [0.25, 0.3) is 0 Å². The second kappa shape index (κ2) is 6.42. The van der Waals surface area contributed by atoms with Gasteiger partial charge in [0.15, 0.2) is 0 Å². The lowest BCUT2D eigenvalue weighted by Gasteiger charge is -2.24. The highest BCUT2D eigenvalue weighted by molar-refractivity contribution is 7.89. The third-order valence-electron chi connectivity index (χ3n) is 5.50. The molecule has 142 valence electrons. The van der Waals surface area contributed by atoms with Gasteiger partial charge in [0.1, 0.15) is 5.82 Å². The van der Waals surface area contributed by atoms with E-state index in [0.717, 1.165) is 17.3 Å². The summed E-state index contributed by atoms with van der Waals surface area (Å²) in [6.07, 6.45) is 0.950. The van der Waals surface area contributed by atoms with Crippen LogP contribution in [0.5, 0.6) is 0 Å². The largest absolute Gasteiger partial charge is 0.312 e. The van der Waals surface area contributed by atoms with Crippen molar-refractivity contribution in [3.8, 4) is 0 Å². The molecule has 2 aliphatic heterocycles. The molecule has 4 rings (SSSR count). The van der Waals surface area contributed by atoms with Gasteiger partial charge in [0, 0.05) is 37.2 Å². The van der Waals surface area contributed by atoms with Gasteiger partial charge in [-0.05, 0) is 43.7 Å². The van der Waals surface area contributed by atoms with E-state index in [-0.39, 0.29) is 22.8 Å². The molecule has 0 aliphatic carbocycles. The highest BCUT2D eigenvalue weighted by Gasteiger charge is 2.50. The lowest BCUT2D eigenvalue weighted by atomic mass is 9.86. The first kappa shape index (κ1) is 18.1. The summed E-state index contributed by atoms with van der Waals surface area (Å²) in [6.45, 7) is 3.11. The zero-order valence-electron chi connectivity index (χ0n) is 15.1. The van der Waals surface area contributed by atoms with Crippen LogP contribution in [0, 0.1) is 18.2 Å². The highest BCUT2D eigenvalue weighted by atomic mass is 32.2. The van der Waals surface area contributed by atoms with Crippen molar-refractivity contribution in [2.75, 3.05) is 24.5 Å². The molecule has 2 heterocycles. The van der Waals surface area contributed by atoms with E-state index in [1.807, 2.05) is 31.2 Å². The molecular formula is C20H21FN2O3S. The maximum atomic E-state index is 13.5. The van der Waals surface area contributed by atoms with E-state index in [4.69, 9.17) is 0 Å². The van der Waals surface area contributed by atoms with Gasteiger partial charge in [0.05, 0.1) is 4.90 Å². The van der Waals surface area contributed by atoms with Crippen LogP contribution in [-0.4, -0.2) is 38.3 Å². The van der Waals surface area contributed by atoms with Crippen LogP contribution < -0.4 is 4.90 Å². The molecule has 2 saturated heterocycles. The van der Waals surface area contributed by atoms with Crippen LogP contribution in [0.2, 0.25) is 0 Å². The van der Waals surface area contributed by atoms with Crippen LogP contribution in [-0.2, 0) is 14.8 Å². The summed E-state index contributed by atoms with van der Waals surface area (Å²) in [6, 6.07) is 12.8. The van der Waals surface area contributed by atoms with Gasteiger partial charge in [-0.15, -0.1) is 0 Å². The van der Waals surface area contributed by atoms with E-state index in [1.165, 1.54) is 22.5 Å². The molecular weight excluding hydrogens is 367 g/mol. The lowest BCUT2D eigenvalue weighted by Crippen LogP contribution is -2.34. The van der Waals surface area contributed by atoms with Gasteiger partial charge in [-0.2, -0.15) is 4.31 Å². The molecule has 2 fully saturated rings. The van der Waals surface area contributed by atoms with Crippen LogP contribution in [0.25, 0.3) is 0 Å². The number of rotatable bonds is 3. The van der Waals surface area contributed by atoms with Crippen molar-refractivity contribution in [1.82, 2.24) is 4.31 Å². The predicted octanol–water partition coefficient (Wildman–Crippen LogP) is 2.95. The summed E-state index contributed by atoms with van der Waals surface area (Å²) in [5, 5.41) is 0. The third-order valence-corrected chi connectivity index (χ3v) is 7.34. The summed E-state index contributed by atoms with van der Waals surface area (Å²) in [5.41, 5.74) is 1.57. The molecule has 1 spiro atoms. The Bertz CT molecular complexity index is 991. The molecule has 1 amide bonds. The van der Waals surface area contributed by atoms with E-state index in [0.29, 0.717) is 25.9 Å². The normalized spacial score (nSPS) is 23.5. The van der Waals surface area contributed by atoms with Crippen LogP contribution in [0.15, 0.2) is 53.4 Å². The summed E-state index contributed by atoms with van der Waals surface area (Å²) < 4.78 is 40.6. The molecule has 1 unspecified atom stereocenters. The number of anilines is 1. The molecule has 0 bridgehead atoms. The first-order valence-electron chi connectivity index (χ1n) is 8.92. The Morgan fingerprint density at radius 1 is 1.07 bits per heavy atom. The minimum absolute atomic E-state index is 0.0175. The van der Waals surface area contributed by atoms with Crippen LogP contribution in [0.1, 0.15) is 18.4 Å². The fourth-order valence-electron chi connectivity index (χ4n) is 4.00. The SMILES string of the molecule is Cc1ccc(N2CC3(CCN(S(=O)(=O)c4cccc(F)c4)C3)CC2=O)cc1. The number of halogens is 1. The standard InChI is InChI=1S/C20H21FN2O3S/c1-15-5-7-17(8-6-15)23-14-20(12-19(23)24)9-10-22(13-20)27(25,26)18-4-2-3-16(21)11-18/h2-8,11H,9-10,12-14H2,1H3. The van der Waals surface area contributed by atoms with Crippen LogP contribution in [0.4, 0.5) is 10.1 Å². The number of hydrogen-bond donors (Lipinski definition) is 0. The second-order valence-electron chi connectivity index (χ2n) is 7.54. The van der Waals surface area contributed by atoms with Crippen LogP contribution >= 0.6 is 0 Å². The van der Waals surface area contributed by atoms with Crippen molar-refractivity contribution < 1.29 is 17.6 Å². The van der Waals surface area contributed by atoms with Crippen molar-refractivity contribution in [1.29, 1.82) is 0 Å².